The van der Waals surface area contributed by atoms with Gasteiger partial charge in [-0.25, -0.2) is 10.3 Å². The molecule has 0 saturated carbocycles. The van der Waals surface area contributed by atoms with Crippen LogP contribution in [0.3, 0.4) is 0 Å². The van der Waals surface area contributed by atoms with Gasteiger partial charge >= 0.3 is 0 Å². The van der Waals surface area contributed by atoms with Gasteiger partial charge in [-0.2, -0.15) is 0 Å². The number of ether oxygens (including phenoxy) is 1. The number of carbonyl (C=O) groups is 2. The van der Waals surface area contributed by atoms with Crippen LogP contribution < -0.4 is 10.8 Å². The number of hydrogen-bond acceptors (Lipinski definition) is 5. The zero-order valence-electron chi connectivity index (χ0n) is 11.3. The Bertz CT molecular complexity index is 440. The van der Waals surface area contributed by atoms with E-state index in [4.69, 9.17) is 14.0 Å². The third kappa shape index (κ3) is 4.07. The van der Waals surface area contributed by atoms with E-state index in [0.717, 1.165) is 19.3 Å². The first-order valence-corrected chi connectivity index (χ1v) is 6.57. The predicted molar refractivity (Wildman–Crippen MR) is 68.5 cm³/mol. The standard InChI is InChI=1S/C13H18N2O5/c1-9(14-13(17)10-5-7-18-8-10)12(16)15-20-11-4-2-3-6-19-11/h5,7-9,11H,2-4,6H2,1H3,(H,14,17)(H,15,16)/t9-,11-/m0/s1. The van der Waals surface area contributed by atoms with Crippen LogP contribution in [0.25, 0.3) is 0 Å². The molecule has 2 rings (SSSR count). The van der Waals surface area contributed by atoms with Crippen molar-refractivity contribution in [2.45, 2.75) is 38.5 Å². The zero-order chi connectivity index (χ0) is 14.4. The number of hydrogen-bond donors (Lipinski definition) is 2. The fourth-order valence-electron chi connectivity index (χ4n) is 1.76. The van der Waals surface area contributed by atoms with Gasteiger partial charge in [0.25, 0.3) is 11.8 Å². The van der Waals surface area contributed by atoms with Gasteiger partial charge in [0, 0.05) is 13.0 Å². The second-order valence-electron chi connectivity index (χ2n) is 4.59. The van der Waals surface area contributed by atoms with Gasteiger partial charge < -0.3 is 14.5 Å². The molecule has 0 bridgehead atoms. The minimum absolute atomic E-state index is 0.362. The van der Waals surface area contributed by atoms with Gasteiger partial charge in [-0.05, 0) is 25.8 Å². The lowest BCUT2D eigenvalue weighted by Gasteiger charge is -2.23. The fourth-order valence-corrected chi connectivity index (χ4v) is 1.76. The Kier molecular flexibility index (Phi) is 5.14. The Labute approximate surface area is 116 Å². The molecule has 1 fully saturated rings. The largest absolute Gasteiger partial charge is 0.472 e. The lowest BCUT2D eigenvalue weighted by molar-refractivity contribution is -0.201. The third-order valence-electron chi connectivity index (χ3n) is 2.95. The van der Waals surface area contributed by atoms with E-state index in [1.807, 2.05) is 0 Å². The maximum absolute atomic E-state index is 11.8. The molecule has 2 atom stereocenters. The average Bonchev–Trinajstić information content (AvgIpc) is 3.00. The molecule has 2 heterocycles. The van der Waals surface area contributed by atoms with Crippen molar-refractivity contribution in [2.24, 2.45) is 0 Å². The lowest BCUT2D eigenvalue weighted by Crippen LogP contribution is -2.46. The summed E-state index contributed by atoms with van der Waals surface area (Å²) in [7, 11) is 0. The summed E-state index contributed by atoms with van der Waals surface area (Å²) in [6.07, 6.45) is 5.05. The van der Waals surface area contributed by atoms with Gasteiger partial charge in [-0.15, -0.1) is 0 Å². The minimum Gasteiger partial charge on any atom is -0.472 e. The molecule has 110 valence electrons. The highest BCUT2D eigenvalue weighted by molar-refractivity contribution is 5.96. The highest BCUT2D eigenvalue weighted by Gasteiger charge is 2.20. The van der Waals surface area contributed by atoms with Gasteiger partial charge in [-0.1, -0.05) is 0 Å². The summed E-state index contributed by atoms with van der Waals surface area (Å²) in [6.45, 7) is 2.20. The SMILES string of the molecule is C[C@H](NC(=O)c1ccoc1)C(=O)NO[C@H]1CCCCO1. The monoisotopic (exact) mass is 282 g/mol. The van der Waals surface area contributed by atoms with Crippen molar-refractivity contribution < 1.29 is 23.6 Å². The second-order valence-corrected chi connectivity index (χ2v) is 4.59. The quantitative estimate of drug-likeness (QED) is 0.785. The summed E-state index contributed by atoms with van der Waals surface area (Å²) in [6, 6.07) is 0.799. The molecule has 1 saturated heterocycles. The van der Waals surface area contributed by atoms with Crippen molar-refractivity contribution >= 4 is 11.8 Å². The summed E-state index contributed by atoms with van der Waals surface area (Å²) < 4.78 is 10.1. The summed E-state index contributed by atoms with van der Waals surface area (Å²) in [5.74, 6) is -0.814. The Hall–Kier alpha value is -1.86. The molecule has 1 aliphatic heterocycles. The molecule has 0 aromatic carbocycles. The maximum Gasteiger partial charge on any atom is 0.265 e. The van der Waals surface area contributed by atoms with E-state index in [9.17, 15) is 9.59 Å². The minimum atomic E-state index is -0.721. The van der Waals surface area contributed by atoms with Gasteiger partial charge in [0.05, 0.1) is 11.8 Å². The van der Waals surface area contributed by atoms with Crippen LogP contribution in [0.5, 0.6) is 0 Å². The predicted octanol–water partition coefficient (Wildman–Crippen LogP) is 0.972. The summed E-state index contributed by atoms with van der Waals surface area (Å²) >= 11 is 0. The molecule has 1 aliphatic rings. The van der Waals surface area contributed by atoms with Crippen molar-refractivity contribution in [1.29, 1.82) is 0 Å². The zero-order valence-corrected chi connectivity index (χ0v) is 11.3. The number of furan rings is 1. The summed E-state index contributed by atoms with van der Waals surface area (Å²) in [5.41, 5.74) is 2.66. The van der Waals surface area contributed by atoms with Gasteiger partial charge in [0.2, 0.25) is 0 Å². The van der Waals surface area contributed by atoms with Crippen molar-refractivity contribution in [2.75, 3.05) is 6.61 Å². The van der Waals surface area contributed by atoms with E-state index in [0.29, 0.717) is 12.2 Å². The first-order valence-electron chi connectivity index (χ1n) is 6.57. The number of rotatable bonds is 5. The highest BCUT2D eigenvalue weighted by Crippen LogP contribution is 2.12. The molecule has 0 spiro atoms. The van der Waals surface area contributed by atoms with Crippen LogP contribution in [-0.4, -0.2) is 30.8 Å². The average molecular weight is 282 g/mol. The Morgan fingerprint density at radius 2 is 2.30 bits per heavy atom. The smallest absolute Gasteiger partial charge is 0.265 e. The Balaban J connectivity index is 1.72. The van der Waals surface area contributed by atoms with Gasteiger partial charge in [0.1, 0.15) is 12.3 Å². The number of nitrogens with one attached hydrogen (secondary N) is 2. The van der Waals surface area contributed by atoms with Crippen LogP contribution in [0.4, 0.5) is 0 Å². The number of carbonyl (C=O) groups excluding carboxylic acids is 2. The van der Waals surface area contributed by atoms with Gasteiger partial charge in [0.15, 0.2) is 6.29 Å². The molecule has 1 aromatic heterocycles. The molecule has 2 N–H and O–H groups in total. The van der Waals surface area contributed by atoms with Crippen LogP contribution in [-0.2, 0) is 14.4 Å². The molecule has 7 heteroatoms. The van der Waals surface area contributed by atoms with Gasteiger partial charge in [-0.3, -0.25) is 9.59 Å². The molecule has 1 aromatic rings. The molecule has 0 radical (unpaired) electrons. The van der Waals surface area contributed by atoms with Crippen LogP contribution in [0.2, 0.25) is 0 Å². The summed E-state index contributed by atoms with van der Waals surface area (Å²) in [5, 5.41) is 2.54. The normalized spacial score (nSPS) is 20.1. The molecule has 0 aliphatic carbocycles. The van der Waals surface area contributed by atoms with E-state index < -0.39 is 18.2 Å². The first kappa shape index (κ1) is 14.5. The van der Waals surface area contributed by atoms with E-state index in [2.05, 4.69) is 10.8 Å². The lowest BCUT2D eigenvalue weighted by atomic mass is 10.2. The molecular weight excluding hydrogens is 264 g/mol. The first-order chi connectivity index (χ1) is 9.66. The van der Waals surface area contributed by atoms with Crippen LogP contribution >= 0.6 is 0 Å². The Morgan fingerprint density at radius 1 is 1.45 bits per heavy atom. The summed E-state index contributed by atoms with van der Waals surface area (Å²) in [4.78, 5) is 28.6. The number of hydroxylamine groups is 1. The van der Waals surface area contributed by atoms with Crippen LogP contribution in [0.15, 0.2) is 23.0 Å². The molecule has 2 amide bonds. The Morgan fingerprint density at radius 3 is 2.95 bits per heavy atom. The van der Waals surface area contributed by atoms with Crippen molar-refractivity contribution in [1.82, 2.24) is 10.8 Å². The van der Waals surface area contributed by atoms with Crippen molar-refractivity contribution in [3.8, 4) is 0 Å². The fraction of sp³-hybridized carbons (Fsp3) is 0.538. The molecule has 7 nitrogen and oxygen atoms in total. The van der Waals surface area contributed by atoms with E-state index in [-0.39, 0.29) is 5.91 Å². The van der Waals surface area contributed by atoms with E-state index in [1.54, 1.807) is 6.92 Å². The third-order valence-corrected chi connectivity index (χ3v) is 2.95. The van der Waals surface area contributed by atoms with Crippen LogP contribution in [0, 0.1) is 0 Å². The topological polar surface area (TPSA) is 89.8 Å². The maximum atomic E-state index is 11.8. The second kappa shape index (κ2) is 7.06. The van der Waals surface area contributed by atoms with Crippen molar-refractivity contribution in [3.05, 3.63) is 24.2 Å². The molecular formula is C13H18N2O5. The van der Waals surface area contributed by atoms with Crippen molar-refractivity contribution in [3.63, 3.8) is 0 Å². The molecule has 20 heavy (non-hydrogen) atoms. The van der Waals surface area contributed by atoms with Crippen LogP contribution in [0.1, 0.15) is 36.5 Å². The van der Waals surface area contributed by atoms with E-state index >= 15 is 0 Å². The molecule has 0 unspecified atom stereocenters. The highest BCUT2D eigenvalue weighted by atomic mass is 16.8. The number of amides is 2. The van der Waals surface area contributed by atoms with E-state index in [1.165, 1.54) is 18.6 Å².